The fraction of sp³-hybridized carbons (Fsp3) is 0.294. The van der Waals surface area contributed by atoms with E-state index in [1.54, 1.807) is 12.1 Å². The Bertz CT molecular complexity index is 885. The van der Waals surface area contributed by atoms with Crippen molar-refractivity contribution < 1.29 is 17.7 Å². The van der Waals surface area contributed by atoms with Gasteiger partial charge in [-0.2, -0.15) is 0 Å². The number of hydrogen-bond donors (Lipinski definition) is 2. The molecule has 7 nitrogen and oxygen atoms in total. The molecular formula is C17H18FN3O4S. The topological polar surface area (TPSA) is 101 Å². The molecule has 138 valence electrons. The molecule has 0 saturated carbocycles. The Morgan fingerprint density at radius 2 is 1.77 bits per heavy atom. The molecule has 1 aliphatic rings. The monoisotopic (exact) mass is 379 g/mol. The van der Waals surface area contributed by atoms with Gasteiger partial charge < -0.3 is 5.32 Å². The smallest absolute Gasteiger partial charge is 0.269 e. The van der Waals surface area contributed by atoms with E-state index in [4.69, 9.17) is 0 Å². The third-order valence-electron chi connectivity index (χ3n) is 4.44. The van der Waals surface area contributed by atoms with E-state index in [2.05, 4.69) is 10.0 Å². The van der Waals surface area contributed by atoms with Crippen molar-refractivity contribution >= 4 is 15.7 Å². The Kier molecular flexibility index (Phi) is 5.30. The van der Waals surface area contributed by atoms with Crippen molar-refractivity contribution in [1.82, 2.24) is 10.0 Å². The van der Waals surface area contributed by atoms with E-state index in [-0.39, 0.29) is 22.3 Å². The van der Waals surface area contributed by atoms with Gasteiger partial charge in [0.2, 0.25) is 10.0 Å². The van der Waals surface area contributed by atoms with Gasteiger partial charge in [-0.1, -0.05) is 12.1 Å². The van der Waals surface area contributed by atoms with Crippen molar-refractivity contribution in [1.29, 1.82) is 0 Å². The predicted octanol–water partition coefficient (Wildman–Crippen LogP) is 2.16. The van der Waals surface area contributed by atoms with Crippen LogP contribution in [0.3, 0.4) is 0 Å². The summed E-state index contributed by atoms with van der Waals surface area (Å²) in [6, 6.07) is 10.4. The highest BCUT2D eigenvalue weighted by Gasteiger charge is 2.30. The van der Waals surface area contributed by atoms with E-state index in [0.717, 1.165) is 24.2 Å². The first-order chi connectivity index (χ1) is 12.4. The van der Waals surface area contributed by atoms with Crippen LogP contribution in [0, 0.1) is 15.9 Å². The molecule has 3 rings (SSSR count). The third-order valence-corrected chi connectivity index (χ3v) is 5.95. The van der Waals surface area contributed by atoms with Crippen molar-refractivity contribution in [2.75, 3.05) is 13.1 Å². The SMILES string of the molecule is O=[N+]([O-])c1ccc(S(=O)(=O)N[C@@H]2CNCC[C@@H]2c2ccc(F)cc2)cc1. The van der Waals surface area contributed by atoms with Crippen LogP contribution in [-0.2, 0) is 10.0 Å². The lowest BCUT2D eigenvalue weighted by Crippen LogP contribution is -2.49. The van der Waals surface area contributed by atoms with Gasteiger partial charge in [0.25, 0.3) is 5.69 Å². The van der Waals surface area contributed by atoms with Crippen LogP contribution >= 0.6 is 0 Å². The Hall–Kier alpha value is -2.36. The second kappa shape index (κ2) is 7.48. The number of non-ortho nitro benzene ring substituents is 1. The summed E-state index contributed by atoms with van der Waals surface area (Å²) in [7, 11) is -3.84. The minimum Gasteiger partial charge on any atom is -0.315 e. The van der Waals surface area contributed by atoms with Gasteiger partial charge in [0.15, 0.2) is 0 Å². The lowest BCUT2D eigenvalue weighted by molar-refractivity contribution is -0.384. The zero-order chi connectivity index (χ0) is 18.7. The number of benzene rings is 2. The van der Waals surface area contributed by atoms with Gasteiger partial charge >= 0.3 is 0 Å². The third kappa shape index (κ3) is 4.06. The van der Waals surface area contributed by atoms with Crippen LogP contribution in [0.5, 0.6) is 0 Å². The van der Waals surface area contributed by atoms with Crippen molar-refractivity contribution in [2.45, 2.75) is 23.3 Å². The van der Waals surface area contributed by atoms with E-state index in [1.165, 1.54) is 24.3 Å². The van der Waals surface area contributed by atoms with Crippen LogP contribution in [0.2, 0.25) is 0 Å². The summed E-state index contributed by atoms with van der Waals surface area (Å²) in [6.07, 6.45) is 0.707. The number of nitrogens with one attached hydrogen (secondary N) is 2. The number of nitro benzene ring substituents is 1. The number of piperidine rings is 1. The zero-order valence-corrected chi connectivity index (χ0v) is 14.6. The van der Waals surface area contributed by atoms with Gasteiger partial charge in [0.05, 0.1) is 9.82 Å². The molecule has 2 aromatic carbocycles. The molecule has 1 heterocycles. The molecule has 0 amide bonds. The number of nitro groups is 1. The van der Waals surface area contributed by atoms with Crippen LogP contribution in [0.15, 0.2) is 53.4 Å². The molecule has 1 fully saturated rings. The highest BCUT2D eigenvalue weighted by Crippen LogP contribution is 2.27. The van der Waals surface area contributed by atoms with Crippen LogP contribution in [0.4, 0.5) is 10.1 Å². The molecule has 2 N–H and O–H groups in total. The van der Waals surface area contributed by atoms with Crippen molar-refractivity contribution in [3.8, 4) is 0 Å². The molecule has 26 heavy (non-hydrogen) atoms. The highest BCUT2D eigenvalue weighted by molar-refractivity contribution is 7.89. The Balaban J connectivity index is 1.82. The average Bonchev–Trinajstić information content (AvgIpc) is 2.63. The zero-order valence-electron chi connectivity index (χ0n) is 13.8. The van der Waals surface area contributed by atoms with Crippen molar-refractivity contribution in [3.63, 3.8) is 0 Å². The molecule has 0 bridgehead atoms. The first kappa shape index (κ1) is 18.4. The minimum absolute atomic E-state index is 0.0356. The molecular weight excluding hydrogens is 361 g/mol. The number of rotatable bonds is 5. The fourth-order valence-electron chi connectivity index (χ4n) is 3.11. The number of hydrogen-bond acceptors (Lipinski definition) is 5. The standard InChI is InChI=1S/C17H18FN3O4S/c18-13-3-1-12(2-4-13)16-9-10-19-11-17(16)20-26(24,25)15-7-5-14(6-8-15)21(22)23/h1-8,16-17,19-20H,9-11H2/t16-,17-/m1/s1. The first-order valence-electron chi connectivity index (χ1n) is 8.10. The second-order valence-corrected chi connectivity index (χ2v) is 7.84. The first-order valence-corrected chi connectivity index (χ1v) is 9.58. The van der Waals surface area contributed by atoms with Gasteiger partial charge in [0, 0.05) is 30.6 Å². The van der Waals surface area contributed by atoms with E-state index in [9.17, 15) is 22.9 Å². The summed E-state index contributed by atoms with van der Waals surface area (Å²) in [5.74, 6) is -0.435. The molecule has 9 heteroatoms. The quantitative estimate of drug-likeness (QED) is 0.612. The second-order valence-electron chi connectivity index (χ2n) is 6.13. The van der Waals surface area contributed by atoms with E-state index in [1.807, 2.05) is 0 Å². The molecule has 1 saturated heterocycles. The summed E-state index contributed by atoms with van der Waals surface area (Å²) < 4.78 is 41.1. The maximum atomic E-state index is 13.2. The molecule has 0 aromatic heterocycles. The van der Waals surface area contributed by atoms with Gasteiger partial charge in [-0.15, -0.1) is 0 Å². The molecule has 2 atom stereocenters. The fourth-order valence-corrected chi connectivity index (χ4v) is 4.38. The van der Waals surface area contributed by atoms with Crippen LogP contribution in [0.1, 0.15) is 17.9 Å². The van der Waals surface area contributed by atoms with E-state index < -0.39 is 21.0 Å². The lowest BCUT2D eigenvalue weighted by Gasteiger charge is -2.33. The summed E-state index contributed by atoms with van der Waals surface area (Å²) in [5.41, 5.74) is 0.691. The van der Waals surface area contributed by atoms with E-state index in [0.29, 0.717) is 13.0 Å². The van der Waals surface area contributed by atoms with Gasteiger partial charge in [-0.25, -0.2) is 17.5 Å². The maximum absolute atomic E-state index is 13.2. The summed E-state index contributed by atoms with van der Waals surface area (Å²) in [4.78, 5) is 10.1. The van der Waals surface area contributed by atoms with Gasteiger partial charge in [-0.05, 0) is 42.8 Å². The maximum Gasteiger partial charge on any atom is 0.269 e. The van der Waals surface area contributed by atoms with Crippen molar-refractivity contribution in [3.05, 3.63) is 70.0 Å². The summed E-state index contributed by atoms with van der Waals surface area (Å²) in [5, 5.41) is 13.9. The van der Waals surface area contributed by atoms with Crippen molar-refractivity contribution in [2.24, 2.45) is 0 Å². The molecule has 1 aliphatic heterocycles. The lowest BCUT2D eigenvalue weighted by atomic mass is 9.87. The number of halogens is 1. The molecule has 2 aromatic rings. The molecule has 0 aliphatic carbocycles. The molecule has 0 unspecified atom stereocenters. The highest BCUT2D eigenvalue weighted by atomic mass is 32.2. The predicted molar refractivity (Wildman–Crippen MR) is 93.8 cm³/mol. The summed E-state index contributed by atoms with van der Waals surface area (Å²) >= 11 is 0. The van der Waals surface area contributed by atoms with Crippen LogP contribution in [0.25, 0.3) is 0 Å². The van der Waals surface area contributed by atoms with Crippen LogP contribution < -0.4 is 10.0 Å². The summed E-state index contributed by atoms with van der Waals surface area (Å²) in [6.45, 7) is 1.17. The normalized spacial score (nSPS) is 20.7. The van der Waals surface area contributed by atoms with E-state index >= 15 is 0 Å². The average molecular weight is 379 g/mol. The Morgan fingerprint density at radius 3 is 2.38 bits per heavy atom. The molecule has 0 radical (unpaired) electrons. The Labute approximate surface area is 150 Å². The molecule has 0 spiro atoms. The van der Waals surface area contributed by atoms with Gasteiger partial charge in [-0.3, -0.25) is 10.1 Å². The largest absolute Gasteiger partial charge is 0.315 e. The van der Waals surface area contributed by atoms with Crippen LogP contribution in [-0.4, -0.2) is 32.5 Å². The minimum atomic E-state index is -3.84. The number of nitrogens with zero attached hydrogens (tertiary/aromatic N) is 1. The van der Waals surface area contributed by atoms with Gasteiger partial charge in [0.1, 0.15) is 5.82 Å². The number of sulfonamides is 1. The Morgan fingerprint density at radius 1 is 1.12 bits per heavy atom.